The van der Waals surface area contributed by atoms with Crippen LogP contribution in [0.1, 0.15) is 34.4 Å². The Bertz CT molecular complexity index is 867. The molecule has 2 aromatic carbocycles. The van der Waals surface area contributed by atoms with E-state index in [9.17, 15) is 9.90 Å². The smallest absolute Gasteiger partial charge is 0.223 e. The number of aliphatic hydroxyl groups excluding tert-OH is 1. The van der Waals surface area contributed by atoms with Crippen molar-refractivity contribution >= 4 is 17.2 Å². The Morgan fingerprint density at radius 3 is 2.00 bits per heavy atom. The molecule has 1 aromatic heterocycles. The molecule has 1 aliphatic rings. The van der Waals surface area contributed by atoms with Gasteiger partial charge in [-0.2, -0.15) is 0 Å². The van der Waals surface area contributed by atoms with Gasteiger partial charge in [-0.3, -0.25) is 9.69 Å². The zero-order chi connectivity index (χ0) is 20.8. The number of carbonyl (C=O) groups excluding carboxylic acids is 1. The maximum absolute atomic E-state index is 13.1. The summed E-state index contributed by atoms with van der Waals surface area (Å²) in [6.07, 6.45) is 0.0269. The molecule has 1 N–H and O–H groups in total. The van der Waals surface area contributed by atoms with Gasteiger partial charge < -0.3 is 10.0 Å². The monoisotopic (exact) mass is 420 g/mol. The molecule has 1 aliphatic heterocycles. The second kappa shape index (κ2) is 10.0. The molecule has 1 saturated heterocycles. The summed E-state index contributed by atoms with van der Waals surface area (Å²) in [6, 6.07) is 24.5. The Hall–Kier alpha value is -2.47. The molecule has 0 radical (unpaired) electrons. The fourth-order valence-corrected chi connectivity index (χ4v) is 4.80. The Labute approximate surface area is 182 Å². The highest BCUT2D eigenvalue weighted by Crippen LogP contribution is 2.29. The Kier molecular flexibility index (Phi) is 6.95. The summed E-state index contributed by atoms with van der Waals surface area (Å²) in [6.45, 7) is 3.66. The molecule has 4 nitrogen and oxygen atoms in total. The highest BCUT2D eigenvalue weighted by Gasteiger charge is 2.26. The van der Waals surface area contributed by atoms with Gasteiger partial charge in [0.1, 0.15) is 6.10 Å². The van der Waals surface area contributed by atoms with Gasteiger partial charge in [0.25, 0.3) is 0 Å². The summed E-state index contributed by atoms with van der Waals surface area (Å²) in [5.41, 5.74) is 2.35. The van der Waals surface area contributed by atoms with Gasteiger partial charge >= 0.3 is 0 Å². The number of carbonyl (C=O) groups is 1. The number of thiophene rings is 1. The lowest BCUT2D eigenvalue weighted by atomic mass is 9.88. The van der Waals surface area contributed by atoms with Crippen LogP contribution in [0.5, 0.6) is 0 Å². The average Bonchev–Trinajstić information content (AvgIpc) is 3.34. The summed E-state index contributed by atoms with van der Waals surface area (Å²) in [5, 5.41) is 12.4. The van der Waals surface area contributed by atoms with E-state index >= 15 is 0 Å². The molecule has 5 heteroatoms. The predicted molar refractivity (Wildman–Crippen MR) is 122 cm³/mol. The van der Waals surface area contributed by atoms with Crippen molar-refractivity contribution in [2.24, 2.45) is 0 Å². The molecule has 4 rings (SSSR count). The molecule has 1 amide bonds. The molecule has 30 heavy (non-hydrogen) atoms. The Balaban J connectivity index is 1.36. The van der Waals surface area contributed by atoms with E-state index in [1.54, 1.807) is 11.3 Å². The molecular formula is C25H28N2O2S. The van der Waals surface area contributed by atoms with E-state index in [1.807, 2.05) is 58.8 Å². The second-order valence-corrected chi connectivity index (χ2v) is 8.77. The first-order valence-electron chi connectivity index (χ1n) is 10.5. The van der Waals surface area contributed by atoms with Crippen LogP contribution in [0, 0.1) is 0 Å². The quantitative estimate of drug-likeness (QED) is 0.625. The minimum atomic E-state index is -0.451. The summed E-state index contributed by atoms with van der Waals surface area (Å²) in [7, 11) is 0. The van der Waals surface area contributed by atoms with Gasteiger partial charge in [0.05, 0.1) is 0 Å². The van der Waals surface area contributed by atoms with Crippen LogP contribution in [0.2, 0.25) is 0 Å². The van der Waals surface area contributed by atoms with Crippen LogP contribution in [-0.4, -0.2) is 53.5 Å². The maximum atomic E-state index is 13.1. The predicted octanol–water partition coefficient (Wildman–Crippen LogP) is 4.15. The fraction of sp³-hybridized carbons (Fsp3) is 0.320. The SMILES string of the molecule is O=C(CC(c1ccccc1)c1ccccc1)N1CCN(CC(O)c2cccs2)CC1. The number of hydrogen-bond acceptors (Lipinski definition) is 4. The number of nitrogens with zero attached hydrogens (tertiary/aromatic N) is 2. The van der Waals surface area contributed by atoms with Gasteiger partial charge in [0.2, 0.25) is 5.91 Å². The standard InChI is InChI=1S/C25H28N2O2S/c28-23(24-12-7-17-30-24)19-26-13-15-27(16-14-26)25(29)18-22(20-8-3-1-4-9-20)21-10-5-2-6-11-21/h1-12,17,22-23,28H,13-16,18-19H2. The first-order valence-corrected chi connectivity index (χ1v) is 11.4. The number of hydrogen-bond donors (Lipinski definition) is 1. The van der Waals surface area contributed by atoms with Crippen LogP contribution < -0.4 is 0 Å². The lowest BCUT2D eigenvalue weighted by molar-refractivity contribution is -0.133. The van der Waals surface area contributed by atoms with Gasteiger partial charge in [-0.15, -0.1) is 11.3 Å². The molecular weight excluding hydrogens is 392 g/mol. The van der Waals surface area contributed by atoms with Gasteiger partial charge in [0, 0.05) is 49.9 Å². The lowest BCUT2D eigenvalue weighted by Gasteiger charge is -2.36. The number of rotatable bonds is 7. The van der Waals surface area contributed by atoms with E-state index in [1.165, 1.54) is 11.1 Å². The molecule has 3 aromatic rings. The summed E-state index contributed by atoms with van der Waals surface area (Å²) in [5.74, 6) is 0.268. The van der Waals surface area contributed by atoms with Crippen LogP contribution in [0.3, 0.4) is 0 Å². The number of benzene rings is 2. The molecule has 0 saturated carbocycles. The van der Waals surface area contributed by atoms with Crippen molar-refractivity contribution in [2.75, 3.05) is 32.7 Å². The lowest BCUT2D eigenvalue weighted by Crippen LogP contribution is -2.49. The normalized spacial score (nSPS) is 16.0. The van der Waals surface area contributed by atoms with E-state index in [0.717, 1.165) is 18.0 Å². The number of piperazine rings is 1. The van der Waals surface area contributed by atoms with E-state index < -0.39 is 6.10 Å². The average molecular weight is 421 g/mol. The largest absolute Gasteiger partial charge is 0.386 e. The highest BCUT2D eigenvalue weighted by molar-refractivity contribution is 7.10. The van der Waals surface area contributed by atoms with E-state index in [4.69, 9.17) is 0 Å². The number of aliphatic hydroxyl groups is 1. The van der Waals surface area contributed by atoms with E-state index in [0.29, 0.717) is 26.1 Å². The van der Waals surface area contributed by atoms with Crippen LogP contribution in [0.15, 0.2) is 78.2 Å². The number of β-amino-alcohol motifs (C(OH)–C–C–N with tert-alkyl or cyclic N) is 1. The van der Waals surface area contributed by atoms with Crippen LogP contribution in [-0.2, 0) is 4.79 Å². The third-order valence-corrected chi connectivity index (χ3v) is 6.78. The first kappa shape index (κ1) is 20.8. The van der Waals surface area contributed by atoms with Crippen molar-refractivity contribution < 1.29 is 9.90 Å². The topological polar surface area (TPSA) is 43.8 Å². The van der Waals surface area contributed by atoms with Crippen molar-refractivity contribution in [3.63, 3.8) is 0 Å². The van der Waals surface area contributed by atoms with Crippen molar-refractivity contribution in [1.29, 1.82) is 0 Å². The third kappa shape index (κ3) is 5.17. The molecule has 0 aliphatic carbocycles. The zero-order valence-electron chi connectivity index (χ0n) is 17.1. The maximum Gasteiger partial charge on any atom is 0.223 e. The molecule has 1 unspecified atom stereocenters. The third-order valence-electron chi connectivity index (χ3n) is 5.81. The van der Waals surface area contributed by atoms with Crippen molar-refractivity contribution in [1.82, 2.24) is 9.80 Å². The Morgan fingerprint density at radius 1 is 0.867 bits per heavy atom. The van der Waals surface area contributed by atoms with Gasteiger partial charge in [-0.25, -0.2) is 0 Å². The highest BCUT2D eigenvalue weighted by atomic mass is 32.1. The van der Waals surface area contributed by atoms with Crippen molar-refractivity contribution in [3.8, 4) is 0 Å². The molecule has 156 valence electrons. The minimum Gasteiger partial charge on any atom is -0.386 e. The Morgan fingerprint density at radius 2 is 1.47 bits per heavy atom. The van der Waals surface area contributed by atoms with Crippen molar-refractivity contribution in [3.05, 3.63) is 94.2 Å². The van der Waals surface area contributed by atoms with Crippen LogP contribution >= 0.6 is 11.3 Å². The molecule has 2 heterocycles. The second-order valence-electron chi connectivity index (χ2n) is 7.79. The van der Waals surface area contributed by atoms with E-state index in [-0.39, 0.29) is 11.8 Å². The van der Waals surface area contributed by atoms with Gasteiger partial charge in [0.15, 0.2) is 0 Å². The van der Waals surface area contributed by atoms with Gasteiger partial charge in [-0.1, -0.05) is 66.7 Å². The molecule has 0 bridgehead atoms. The minimum absolute atomic E-state index is 0.0681. The zero-order valence-corrected chi connectivity index (χ0v) is 17.9. The summed E-state index contributed by atoms with van der Waals surface area (Å²) >= 11 is 1.59. The molecule has 1 fully saturated rings. The van der Waals surface area contributed by atoms with Crippen LogP contribution in [0.25, 0.3) is 0 Å². The number of amides is 1. The summed E-state index contributed by atoms with van der Waals surface area (Å²) < 4.78 is 0. The first-order chi connectivity index (χ1) is 14.7. The van der Waals surface area contributed by atoms with E-state index in [2.05, 4.69) is 29.2 Å². The fourth-order valence-electron chi connectivity index (χ4n) is 4.10. The summed E-state index contributed by atoms with van der Waals surface area (Å²) in [4.78, 5) is 18.4. The van der Waals surface area contributed by atoms with Crippen LogP contribution in [0.4, 0.5) is 0 Å². The van der Waals surface area contributed by atoms with Crippen molar-refractivity contribution in [2.45, 2.75) is 18.4 Å². The molecule has 1 atom stereocenters. The molecule has 0 spiro atoms. The van der Waals surface area contributed by atoms with Gasteiger partial charge in [-0.05, 0) is 22.6 Å².